The van der Waals surface area contributed by atoms with Crippen LogP contribution in [0.4, 0.5) is 0 Å². The number of hydrogen-bond donors (Lipinski definition) is 1. The molecule has 62 valence electrons. The first-order chi connectivity index (χ1) is 5.02. The standard InChI is InChI=1S/C7H13N3O/c1-7(2,3)10-5-9-8-4-6(10)11/h5,8H,4H2,1-3H3. The Morgan fingerprint density at radius 3 is 2.64 bits per heavy atom. The van der Waals surface area contributed by atoms with Crippen molar-refractivity contribution in [2.45, 2.75) is 26.3 Å². The SMILES string of the molecule is CC(C)(C)N1C=NNCC1=O. The fourth-order valence-corrected chi connectivity index (χ4v) is 0.909. The van der Waals surface area contributed by atoms with Crippen molar-refractivity contribution in [3.8, 4) is 0 Å². The van der Waals surface area contributed by atoms with E-state index in [4.69, 9.17) is 0 Å². The van der Waals surface area contributed by atoms with Gasteiger partial charge in [0, 0.05) is 5.54 Å². The van der Waals surface area contributed by atoms with Gasteiger partial charge in [-0.15, -0.1) is 0 Å². The topological polar surface area (TPSA) is 44.7 Å². The molecule has 1 aliphatic rings. The molecular formula is C7H13N3O. The minimum atomic E-state index is -0.164. The molecule has 1 amide bonds. The predicted molar refractivity (Wildman–Crippen MR) is 43.1 cm³/mol. The highest BCUT2D eigenvalue weighted by atomic mass is 16.2. The maximum Gasteiger partial charge on any atom is 0.249 e. The molecule has 0 fully saturated rings. The number of hydrogen-bond acceptors (Lipinski definition) is 3. The first kappa shape index (κ1) is 8.04. The summed E-state index contributed by atoms with van der Waals surface area (Å²) in [4.78, 5) is 12.8. The molecule has 1 heterocycles. The van der Waals surface area contributed by atoms with Gasteiger partial charge in [-0.05, 0) is 20.8 Å². The van der Waals surface area contributed by atoms with Crippen LogP contribution >= 0.6 is 0 Å². The molecule has 4 heteroatoms. The number of hydrazone groups is 1. The third-order valence-electron chi connectivity index (χ3n) is 1.49. The van der Waals surface area contributed by atoms with E-state index >= 15 is 0 Å². The lowest BCUT2D eigenvalue weighted by Gasteiger charge is -2.33. The number of amides is 1. The van der Waals surface area contributed by atoms with Crippen LogP contribution in [0.5, 0.6) is 0 Å². The van der Waals surface area contributed by atoms with Crippen molar-refractivity contribution >= 4 is 12.2 Å². The van der Waals surface area contributed by atoms with E-state index in [1.807, 2.05) is 20.8 Å². The van der Waals surface area contributed by atoms with E-state index in [9.17, 15) is 4.79 Å². The van der Waals surface area contributed by atoms with Gasteiger partial charge in [0.2, 0.25) is 5.91 Å². The van der Waals surface area contributed by atoms with E-state index in [1.165, 1.54) is 6.34 Å². The van der Waals surface area contributed by atoms with Crippen LogP contribution in [0.2, 0.25) is 0 Å². The van der Waals surface area contributed by atoms with E-state index < -0.39 is 0 Å². The Balaban J connectivity index is 2.77. The number of nitrogens with one attached hydrogen (secondary N) is 1. The maximum absolute atomic E-state index is 11.2. The summed E-state index contributed by atoms with van der Waals surface area (Å²) in [7, 11) is 0. The van der Waals surface area contributed by atoms with Crippen LogP contribution in [0.1, 0.15) is 20.8 Å². The van der Waals surface area contributed by atoms with Crippen LogP contribution in [0.3, 0.4) is 0 Å². The van der Waals surface area contributed by atoms with E-state index in [-0.39, 0.29) is 11.4 Å². The van der Waals surface area contributed by atoms with Crippen LogP contribution in [-0.4, -0.2) is 29.2 Å². The molecule has 0 bridgehead atoms. The van der Waals surface area contributed by atoms with E-state index in [0.29, 0.717) is 6.54 Å². The lowest BCUT2D eigenvalue weighted by molar-refractivity contribution is -0.130. The number of nitrogens with zero attached hydrogens (tertiary/aromatic N) is 2. The Hall–Kier alpha value is -1.06. The first-order valence-electron chi connectivity index (χ1n) is 3.60. The normalized spacial score (nSPS) is 18.5. The smallest absolute Gasteiger partial charge is 0.249 e. The summed E-state index contributed by atoms with van der Waals surface area (Å²) in [5.41, 5.74) is 2.45. The minimum Gasteiger partial charge on any atom is -0.299 e. The van der Waals surface area contributed by atoms with Crippen molar-refractivity contribution in [1.82, 2.24) is 10.3 Å². The second kappa shape index (κ2) is 2.53. The predicted octanol–water partition coefficient (Wildman–Crippen LogP) is 0.160. The van der Waals surface area contributed by atoms with Crippen molar-refractivity contribution in [3.63, 3.8) is 0 Å². The van der Waals surface area contributed by atoms with Crippen molar-refractivity contribution in [1.29, 1.82) is 0 Å². The van der Waals surface area contributed by atoms with Crippen molar-refractivity contribution in [3.05, 3.63) is 0 Å². The maximum atomic E-state index is 11.2. The molecule has 0 radical (unpaired) electrons. The molecule has 0 aliphatic carbocycles. The third kappa shape index (κ3) is 1.69. The Bertz CT molecular complexity index is 192. The molecule has 0 aromatic carbocycles. The molecule has 0 saturated heterocycles. The van der Waals surface area contributed by atoms with Gasteiger partial charge < -0.3 is 0 Å². The summed E-state index contributed by atoms with van der Waals surface area (Å²) in [6.07, 6.45) is 1.53. The zero-order valence-corrected chi connectivity index (χ0v) is 7.09. The lowest BCUT2D eigenvalue weighted by Crippen LogP contribution is -2.50. The highest BCUT2D eigenvalue weighted by molar-refractivity contribution is 5.91. The molecule has 1 aliphatic heterocycles. The zero-order chi connectivity index (χ0) is 8.48. The van der Waals surface area contributed by atoms with Gasteiger partial charge in [-0.1, -0.05) is 0 Å². The van der Waals surface area contributed by atoms with Gasteiger partial charge in [-0.25, -0.2) is 0 Å². The molecule has 0 saturated carbocycles. The Morgan fingerprint density at radius 2 is 2.27 bits per heavy atom. The van der Waals surface area contributed by atoms with E-state index in [0.717, 1.165) is 0 Å². The molecule has 4 nitrogen and oxygen atoms in total. The van der Waals surface area contributed by atoms with Crippen LogP contribution in [-0.2, 0) is 4.79 Å². The van der Waals surface area contributed by atoms with Gasteiger partial charge >= 0.3 is 0 Å². The average molecular weight is 155 g/mol. The van der Waals surface area contributed by atoms with Crippen LogP contribution < -0.4 is 5.43 Å². The van der Waals surface area contributed by atoms with Crippen molar-refractivity contribution in [2.24, 2.45) is 5.10 Å². The first-order valence-corrected chi connectivity index (χ1v) is 3.60. The summed E-state index contributed by atoms with van der Waals surface area (Å²) in [6.45, 7) is 6.22. The van der Waals surface area contributed by atoms with Gasteiger partial charge in [-0.3, -0.25) is 15.1 Å². The molecule has 0 aromatic rings. The monoisotopic (exact) mass is 155 g/mol. The second-order valence-corrected chi connectivity index (χ2v) is 3.51. The van der Waals surface area contributed by atoms with Crippen molar-refractivity contribution in [2.75, 3.05) is 6.54 Å². The largest absolute Gasteiger partial charge is 0.299 e. The minimum absolute atomic E-state index is 0.0625. The summed E-state index contributed by atoms with van der Waals surface area (Å²) in [5.74, 6) is 0.0625. The Morgan fingerprint density at radius 1 is 1.64 bits per heavy atom. The molecular weight excluding hydrogens is 142 g/mol. The van der Waals surface area contributed by atoms with Gasteiger partial charge in [0.05, 0.1) is 0 Å². The molecule has 1 rings (SSSR count). The Labute approximate surface area is 66.3 Å². The zero-order valence-electron chi connectivity index (χ0n) is 7.09. The lowest BCUT2D eigenvalue weighted by atomic mass is 10.1. The quantitative estimate of drug-likeness (QED) is 0.541. The number of carbonyl (C=O) groups is 1. The fraction of sp³-hybridized carbons (Fsp3) is 0.714. The number of rotatable bonds is 0. The molecule has 0 aromatic heterocycles. The van der Waals surface area contributed by atoms with Gasteiger partial charge in [0.25, 0.3) is 0 Å². The van der Waals surface area contributed by atoms with Gasteiger partial charge in [0.1, 0.15) is 12.9 Å². The molecule has 1 N–H and O–H groups in total. The average Bonchev–Trinajstić information content (AvgIpc) is 1.86. The highest BCUT2D eigenvalue weighted by Crippen LogP contribution is 2.11. The van der Waals surface area contributed by atoms with E-state index in [2.05, 4.69) is 10.5 Å². The van der Waals surface area contributed by atoms with Crippen LogP contribution in [0, 0.1) is 0 Å². The summed E-state index contributed by atoms with van der Waals surface area (Å²) >= 11 is 0. The van der Waals surface area contributed by atoms with Crippen LogP contribution in [0.15, 0.2) is 5.10 Å². The van der Waals surface area contributed by atoms with Crippen molar-refractivity contribution < 1.29 is 4.79 Å². The summed E-state index contributed by atoms with van der Waals surface area (Å²) in [5, 5.41) is 3.81. The summed E-state index contributed by atoms with van der Waals surface area (Å²) in [6, 6.07) is 0. The van der Waals surface area contributed by atoms with E-state index in [1.54, 1.807) is 4.90 Å². The van der Waals surface area contributed by atoms with Gasteiger partial charge in [0.15, 0.2) is 0 Å². The Kier molecular flexibility index (Phi) is 1.85. The molecule has 0 unspecified atom stereocenters. The van der Waals surface area contributed by atoms with Crippen LogP contribution in [0.25, 0.3) is 0 Å². The van der Waals surface area contributed by atoms with Gasteiger partial charge in [-0.2, -0.15) is 5.10 Å². The molecule has 0 spiro atoms. The molecule has 0 atom stereocenters. The second-order valence-electron chi connectivity index (χ2n) is 3.51. The summed E-state index contributed by atoms with van der Waals surface area (Å²) < 4.78 is 0. The highest BCUT2D eigenvalue weighted by Gasteiger charge is 2.26. The fourth-order valence-electron chi connectivity index (χ4n) is 0.909. The molecule has 11 heavy (non-hydrogen) atoms. The number of carbonyl (C=O) groups excluding carboxylic acids is 1. The third-order valence-corrected chi connectivity index (χ3v) is 1.49.